The molecule has 0 aliphatic rings. The molecule has 0 unspecified atom stereocenters. The molecule has 2 N–H and O–H groups in total. The second-order valence-electron chi connectivity index (χ2n) is 2.97. The molecule has 0 bridgehead atoms. The van der Waals surface area contributed by atoms with Gasteiger partial charge in [0.05, 0.1) is 6.26 Å². The van der Waals surface area contributed by atoms with Crippen molar-refractivity contribution in [2.75, 3.05) is 18.6 Å². The summed E-state index contributed by atoms with van der Waals surface area (Å²) in [5.74, 6) is 1.00. The van der Waals surface area contributed by atoms with E-state index in [-0.39, 0.29) is 0 Å². The lowest BCUT2D eigenvalue weighted by molar-refractivity contribution is 0.296. The first-order valence-electron chi connectivity index (χ1n) is 4.64. The lowest BCUT2D eigenvalue weighted by Crippen LogP contribution is -1.88. The van der Waals surface area contributed by atoms with Crippen LogP contribution in [0.25, 0.3) is 0 Å². The summed E-state index contributed by atoms with van der Waals surface area (Å²) < 4.78 is 25.9. The van der Waals surface area contributed by atoms with E-state index in [0.717, 1.165) is 12.2 Å². The fourth-order valence-corrected chi connectivity index (χ4v) is 1.63. The van der Waals surface area contributed by atoms with Crippen LogP contribution in [-0.2, 0) is 10.1 Å². The van der Waals surface area contributed by atoms with Gasteiger partial charge in [-0.2, -0.15) is 8.42 Å². The number of aliphatic hydroxyl groups is 1. The highest BCUT2D eigenvalue weighted by Crippen LogP contribution is 2.17. The molecule has 0 aromatic heterocycles. The molecule has 1 rings (SSSR count). The average Bonchev–Trinajstić information content (AvgIpc) is 2.17. The number of thioether (sulfide) groups is 1. The molecule has 1 aromatic carbocycles. The van der Waals surface area contributed by atoms with Gasteiger partial charge >= 0.3 is 0 Å². The Kier molecular flexibility index (Phi) is 8.28. The molecule has 92 valence electrons. The molecule has 0 saturated carbocycles. The molecule has 0 heterocycles. The van der Waals surface area contributed by atoms with Gasteiger partial charge in [0.2, 0.25) is 0 Å². The highest BCUT2D eigenvalue weighted by Gasteiger charge is 1.90. The zero-order chi connectivity index (χ0) is 12.4. The Morgan fingerprint density at radius 3 is 2.19 bits per heavy atom. The molecule has 0 fully saturated rings. The van der Waals surface area contributed by atoms with Gasteiger partial charge in [-0.05, 0) is 18.6 Å². The van der Waals surface area contributed by atoms with Gasteiger partial charge in [-0.15, -0.1) is 11.8 Å². The third-order valence-electron chi connectivity index (χ3n) is 1.31. The number of aliphatic hydroxyl groups excluding tert-OH is 1. The van der Waals surface area contributed by atoms with Crippen LogP contribution < -0.4 is 0 Å². The fourth-order valence-electron chi connectivity index (χ4n) is 0.771. The van der Waals surface area contributed by atoms with Crippen molar-refractivity contribution in [1.82, 2.24) is 0 Å². The van der Waals surface area contributed by atoms with Crippen LogP contribution in [-0.4, -0.2) is 36.7 Å². The maximum absolute atomic E-state index is 9.19. The molecule has 0 spiro atoms. The standard InChI is InChI=1S/C9H12OS.CH4O3S/c10-7-4-8-11-9-5-2-1-3-6-9;1-5(2,3)4/h1-3,5-6,10H,4,7-8H2;1H3,(H,2,3,4). The number of rotatable bonds is 4. The lowest BCUT2D eigenvalue weighted by Gasteiger charge is -1.97. The first-order valence-corrected chi connectivity index (χ1v) is 7.48. The van der Waals surface area contributed by atoms with E-state index in [9.17, 15) is 8.42 Å². The van der Waals surface area contributed by atoms with E-state index in [2.05, 4.69) is 12.1 Å². The Morgan fingerprint density at radius 2 is 1.75 bits per heavy atom. The monoisotopic (exact) mass is 264 g/mol. The summed E-state index contributed by atoms with van der Waals surface area (Å²) >= 11 is 1.78. The van der Waals surface area contributed by atoms with Gasteiger partial charge in [-0.3, -0.25) is 4.55 Å². The Bertz CT molecular complexity index is 354. The second kappa shape index (κ2) is 8.58. The van der Waals surface area contributed by atoms with Crippen molar-refractivity contribution in [3.63, 3.8) is 0 Å². The summed E-state index contributed by atoms with van der Waals surface area (Å²) in [5.41, 5.74) is 0. The van der Waals surface area contributed by atoms with E-state index < -0.39 is 10.1 Å². The van der Waals surface area contributed by atoms with Gasteiger partial charge in [-0.1, -0.05) is 18.2 Å². The topological polar surface area (TPSA) is 74.6 Å². The van der Waals surface area contributed by atoms with Gasteiger partial charge in [0.1, 0.15) is 0 Å². The first-order chi connectivity index (χ1) is 7.43. The van der Waals surface area contributed by atoms with Crippen LogP contribution in [0.2, 0.25) is 0 Å². The molecule has 0 atom stereocenters. The maximum atomic E-state index is 9.19. The average molecular weight is 264 g/mol. The minimum Gasteiger partial charge on any atom is -0.396 e. The Labute approximate surface area is 100 Å². The summed E-state index contributed by atoms with van der Waals surface area (Å²) in [4.78, 5) is 1.28. The molecule has 0 radical (unpaired) electrons. The van der Waals surface area contributed by atoms with Crippen LogP contribution in [0.5, 0.6) is 0 Å². The number of hydrogen-bond acceptors (Lipinski definition) is 4. The van der Waals surface area contributed by atoms with Gasteiger partial charge in [0.15, 0.2) is 0 Å². The largest absolute Gasteiger partial charge is 0.396 e. The molecule has 1 aromatic rings. The van der Waals surface area contributed by atoms with Gasteiger partial charge < -0.3 is 5.11 Å². The van der Waals surface area contributed by atoms with E-state index in [1.165, 1.54) is 4.90 Å². The third kappa shape index (κ3) is 13.4. The van der Waals surface area contributed by atoms with Crippen LogP contribution in [0.4, 0.5) is 0 Å². The normalized spacial score (nSPS) is 10.4. The summed E-state index contributed by atoms with van der Waals surface area (Å²) in [7, 11) is -3.67. The zero-order valence-corrected chi connectivity index (χ0v) is 10.7. The second-order valence-corrected chi connectivity index (χ2v) is 5.61. The molecule has 0 aliphatic carbocycles. The summed E-state index contributed by atoms with van der Waals surface area (Å²) in [6.45, 7) is 0.292. The van der Waals surface area contributed by atoms with Crippen molar-refractivity contribution in [3.8, 4) is 0 Å². The third-order valence-corrected chi connectivity index (χ3v) is 2.41. The van der Waals surface area contributed by atoms with E-state index in [4.69, 9.17) is 9.66 Å². The molecule has 4 nitrogen and oxygen atoms in total. The zero-order valence-electron chi connectivity index (χ0n) is 9.04. The van der Waals surface area contributed by atoms with E-state index >= 15 is 0 Å². The van der Waals surface area contributed by atoms with Gasteiger partial charge in [0.25, 0.3) is 10.1 Å². The minimum atomic E-state index is -3.67. The highest BCUT2D eigenvalue weighted by molar-refractivity contribution is 7.99. The summed E-state index contributed by atoms with van der Waals surface area (Å²) in [6.07, 6.45) is 1.59. The van der Waals surface area contributed by atoms with Crippen molar-refractivity contribution >= 4 is 21.9 Å². The molecule has 16 heavy (non-hydrogen) atoms. The molecular formula is C10H16O4S2. The van der Waals surface area contributed by atoms with E-state index in [1.54, 1.807) is 11.8 Å². The molecule has 0 saturated heterocycles. The van der Waals surface area contributed by atoms with Gasteiger partial charge in [-0.25, -0.2) is 0 Å². The van der Waals surface area contributed by atoms with E-state index in [0.29, 0.717) is 12.9 Å². The van der Waals surface area contributed by atoms with Crippen molar-refractivity contribution in [2.24, 2.45) is 0 Å². The van der Waals surface area contributed by atoms with Crippen LogP contribution in [0, 0.1) is 0 Å². The SMILES string of the molecule is CS(=O)(=O)O.OCCCSc1ccccc1. The minimum absolute atomic E-state index is 0.292. The quantitative estimate of drug-likeness (QED) is 0.491. The number of benzene rings is 1. The summed E-state index contributed by atoms with van der Waals surface area (Å²) in [6, 6.07) is 10.2. The Morgan fingerprint density at radius 1 is 1.25 bits per heavy atom. The van der Waals surface area contributed by atoms with Crippen LogP contribution in [0.1, 0.15) is 6.42 Å². The van der Waals surface area contributed by atoms with Crippen LogP contribution in [0.15, 0.2) is 35.2 Å². The Balaban J connectivity index is 0.000000385. The molecule has 0 aliphatic heterocycles. The molecule has 0 amide bonds. The highest BCUT2D eigenvalue weighted by atomic mass is 32.2. The predicted octanol–water partition coefficient (Wildman–Crippen LogP) is 1.67. The fraction of sp³-hybridized carbons (Fsp3) is 0.400. The van der Waals surface area contributed by atoms with Crippen LogP contribution >= 0.6 is 11.8 Å². The van der Waals surface area contributed by atoms with Crippen molar-refractivity contribution in [2.45, 2.75) is 11.3 Å². The Hall–Kier alpha value is -0.560. The van der Waals surface area contributed by atoms with Crippen molar-refractivity contribution < 1.29 is 18.1 Å². The smallest absolute Gasteiger partial charge is 0.261 e. The predicted molar refractivity (Wildman–Crippen MR) is 66.3 cm³/mol. The van der Waals surface area contributed by atoms with Gasteiger partial charge in [0, 0.05) is 17.3 Å². The maximum Gasteiger partial charge on any atom is 0.261 e. The first kappa shape index (κ1) is 15.4. The molecular weight excluding hydrogens is 248 g/mol. The summed E-state index contributed by atoms with van der Waals surface area (Å²) in [5, 5.41) is 8.53. The van der Waals surface area contributed by atoms with Crippen molar-refractivity contribution in [1.29, 1.82) is 0 Å². The number of hydrogen-bond donors (Lipinski definition) is 2. The lowest BCUT2D eigenvalue weighted by atomic mass is 10.4. The molecule has 6 heteroatoms. The van der Waals surface area contributed by atoms with E-state index in [1.807, 2.05) is 18.2 Å². The van der Waals surface area contributed by atoms with Crippen molar-refractivity contribution in [3.05, 3.63) is 30.3 Å². The van der Waals surface area contributed by atoms with Crippen LogP contribution in [0.3, 0.4) is 0 Å².